The Morgan fingerprint density at radius 1 is 1.62 bits per heavy atom. The molecule has 0 spiro atoms. The first-order chi connectivity index (χ1) is 5.98. The van der Waals surface area contributed by atoms with Crippen molar-refractivity contribution in [3.05, 3.63) is 17.5 Å². The third-order valence-corrected chi connectivity index (χ3v) is 1.87. The zero-order valence-electron chi connectivity index (χ0n) is 6.80. The van der Waals surface area contributed by atoms with E-state index < -0.39 is 11.9 Å². The molecule has 1 aliphatic rings. The van der Waals surface area contributed by atoms with Gasteiger partial charge in [-0.1, -0.05) is 0 Å². The van der Waals surface area contributed by atoms with Crippen molar-refractivity contribution in [3.63, 3.8) is 0 Å². The van der Waals surface area contributed by atoms with Gasteiger partial charge < -0.3 is 4.74 Å². The third-order valence-electron chi connectivity index (χ3n) is 1.87. The number of halogens is 3. The average molecular weight is 192 g/mol. The summed E-state index contributed by atoms with van der Waals surface area (Å²) in [5.41, 5.74) is -0.382. The van der Waals surface area contributed by atoms with E-state index in [2.05, 4.69) is 5.10 Å². The highest BCUT2D eigenvalue weighted by Crippen LogP contribution is 2.34. The lowest BCUT2D eigenvalue weighted by Gasteiger charge is -1.99. The van der Waals surface area contributed by atoms with Gasteiger partial charge in [-0.05, 0) is 6.07 Å². The van der Waals surface area contributed by atoms with E-state index in [0.717, 1.165) is 6.07 Å². The van der Waals surface area contributed by atoms with Crippen LogP contribution in [0.25, 0.3) is 0 Å². The van der Waals surface area contributed by atoms with Crippen LogP contribution in [0.5, 0.6) is 0 Å². The number of hydrogen-bond donors (Lipinski definition) is 0. The van der Waals surface area contributed by atoms with E-state index in [1.165, 1.54) is 11.7 Å². The van der Waals surface area contributed by atoms with Crippen molar-refractivity contribution in [2.75, 3.05) is 6.61 Å². The Balaban J connectivity index is 2.34. The Morgan fingerprint density at radius 3 is 2.62 bits per heavy atom. The van der Waals surface area contributed by atoms with Crippen molar-refractivity contribution in [1.82, 2.24) is 9.78 Å². The van der Waals surface area contributed by atoms with E-state index in [1.807, 2.05) is 0 Å². The molecule has 1 fully saturated rings. The molecular weight excluding hydrogens is 185 g/mol. The molecule has 0 saturated carbocycles. The zero-order chi connectivity index (χ0) is 9.64. The number of hydrogen-bond acceptors (Lipinski definition) is 2. The van der Waals surface area contributed by atoms with E-state index in [1.54, 1.807) is 0 Å². The summed E-state index contributed by atoms with van der Waals surface area (Å²) >= 11 is 0. The molecule has 1 aromatic rings. The monoisotopic (exact) mass is 192 g/mol. The Labute approximate surface area is 72.1 Å². The smallest absolute Gasteiger partial charge is 0.366 e. The van der Waals surface area contributed by atoms with Crippen molar-refractivity contribution >= 4 is 0 Å². The fraction of sp³-hybridized carbons (Fsp3) is 0.571. The van der Waals surface area contributed by atoms with Gasteiger partial charge in [0.25, 0.3) is 0 Å². The second-order valence-corrected chi connectivity index (χ2v) is 2.90. The molecule has 0 aliphatic carbocycles. The molecule has 0 amide bonds. The van der Waals surface area contributed by atoms with Gasteiger partial charge in [0.15, 0.2) is 5.69 Å². The number of rotatable bonds is 1. The van der Waals surface area contributed by atoms with Gasteiger partial charge in [0.05, 0.1) is 12.3 Å². The first kappa shape index (κ1) is 8.55. The topological polar surface area (TPSA) is 30.4 Å². The van der Waals surface area contributed by atoms with Crippen molar-refractivity contribution in [1.29, 1.82) is 0 Å². The van der Waals surface area contributed by atoms with Crippen LogP contribution < -0.4 is 0 Å². The number of nitrogens with zero attached hydrogens (tertiary/aromatic N) is 2. The van der Waals surface area contributed by atoms with Crippen LogP contribution in [-0.2, 0) is 18.0 Å². The van der Waals surface area contributed by atoms with Crippen LogP contribution in [0.2, 0.25) is 0 Å². The lowest BCUT2D eigenvalue weighted by atomic mass is 10.3. The fourth-order valence-electron chi connectivity index (χ4n) is 1.14. The lowest BCUT2D eigenvalue weighted by Crippen LogP contribution is -2.06. The Morgan fingerprint density at radius 2 is 2.23 bits per heavy atom. The number of epoxide rings is 1. The predicted octanol–water partition coefficient (Wildman–Crippen LogP) is 1.51. The minimum Gasteiger partial charge on any atom is -0.366 e. The zero-order valence-corrected chi connectivity index (χ0v) is 6.80. The number of aryl methyl sites for hydroxylation is 1. The number of ether oxygens (including phenoxy) is 1. The second kappa shape index (κ2) is 2.47. The molecule has 0 aromatic carbocycles. The fourth-order valence-corrected chi connectivity index (χ4v) is 1.14. The summed E-state index contributed by atoms with van der Waals surface area (Å²) in [7, 11) is 1.48. The van der Waals surface area contributed by atoms with Gasteiger partial charge in [-0.15, -0.1) is 0 Å². The molecule has 2 rings (SSSR count). The summed E-state index contributed by atoms with van der Waals surface area (Å²) in [6.45, 7) is 0.483. The van der Waals surface area contributed by atoms with Gasteiger partial charge in [0.1, 0.15) is 6.10 Å². The maximum Gasteiger partial charge on any atom is 0.435 e. The van der Waals surface area contributed by atoms with Crippen molar-refractivity contribution in [3.8, 4) is 0 Å². The Kier molecular flexibility index (Phi) is 1.63. The normalized spacial score (nSPS) is 22.0. The standard InChI is InChI=1S/C7H7F3N2O/c1-12-4(5-3-13-5)2-6(11-12)7(8,9)10/h2,5H,3H2,1H3/t5-/m1/s1. The van der Waals surface area contributed by atoms with Crippen LogP contribution in [0, 0.1) is 0 Å². The largest absolute Gasteiger partial charge is 0.435 e. The van der Waals surface area contributed by atoms with Crippen molar-refractivity contribution in [2.24, 2.45) is 7.05 Å². The molecule has 0 bridgehead atoms. The minimum atomic E-state index is -4.37. The average Bonchev–Trinajstić information content (AvgIpc) is 2.73. The van der Waals surface area contributed by atoms with E-state index in [4.69, 9.17) is 4.74 Å². The molecule has 1 aliphatic heterocycles. The van der Waals surface area contributed by atoms with Crippen molar-refractivity contribution in [2.45, 2.75) is 12.3 Å². The SMILES string of the molecule is Cn1nc(C(F)(F)F)cc1[C@H]1CO1. The molecule has 0 unspecified atom stereocenters. The second-order valence-electron chi connectivity index (χ2n) is 2.90. The van der Waals surface area contributed by atoms with Gasteiger partial charge in [-0.2, -0.15) is 18.3 Å². The van der Waals surface area contributed by atoms with E-state index in [-0.39, 0.29) is 6.10 Å². The van der Waals surface area contributed by atoms with E-state index >= 15 is 0 Å². The number of alkyl halides is 3. The van der Waals surface area contributed by atoms with E-state index in [0.29, 0.717) is 12.3 Å². The van der Waals surface area contributed by atoms with Gasteiger partial charge in [0, 0.05) is 7.05 Å². The molecule has 0 radical (unpaired) electrons. The highest BCUT2D eigenvalue weighted by Gasteiger charge is 2.37. The molecule has 0 N–H and O–H groups in total. The highest BCUT2D eigenvalue weighted by molar-refractivity contribution is 5.17. The van der Waals surface area contributed by atoms with E-state index in [9.17, 15) is 13.2 Å². The Hall–Kier alpha value is -1.04. The summed E-state index contributed by atoms with van der Waals surface area (Å²) in [6, 6.07) is 1.03. The summed E-state index contributed by atoms with van der Waals surface area (Å²) < 4.78 is 42.5. The molecule has 3 nitrogen and oxygen atoms in total. The maximum atomic E-state index is 12.1. The highest BCUT2D eigenvalue weighted by atomic mass is 19.4. The molecular formula is C7H7F3N2O. The molecule has 1 saturated heterocycles. The maximum absolute atomic E-state index is 12.1. The molecule has 13 heavy (non-hydrogen) atoms. The van der Waals surface area contributed by atoms with Crippen LogP contribution in [0.1, 0.15) is 17.5 Å². The minimum absolute atomic E-state index is 0.200. The third kappa shape index (κ3) is 1.53. The first-order valence-electron chi connectivity index (χ1n) is 3.71. The molecule has 2 heterocycles. The van der Waals surface area contributed by atoms with Gasteiger partial charge in [0.2, 0.25) is 0 Å². The van der Waals surface area contributed by atoms with Crippen LogP contribution in [-0.4, -0.2) is 16.4 Å². The quantitative estimate of drug-likeness (QED) is 0.631. The first-order valence-corrected chi connectivity index (χ1v) is 3.71. The summed E-state index contributed by atoms with van der Waals surface area (Å²) in [4.78, 5) is 0. The van der Waals surface area contributed by atoms with Gasteiger partial charge >= 0.3 is 6.18 Å². The molecule has 1 aromatic heterocycles. The van der Waals surface area contributed by atoms with Crippen LogP contribution in [0.15, 0.2) is 6.07 Å². The molecule has 1 atom stereocenters. The van der Waals surface area contributed by atoms with Crippen LogP contribution in [0.4, 0.5) is 13.2 Å². The van der Waals surface area contributed by atoms with Crippen LogP contribution >= 0.6 is 0 Å². The summed E-state index contributed by atoms with van der Waals surface area (Å²) in [5, 5.41) is 3.35. The van der Waals surface area contributed by atoms with Crippen molar-refractivity contribution < 1.29 is 17.9 Å². The predicted molar refractivity (Wildman–Crippen MR) is 36.9 cm³/mol. The lowest BCUT2D eigenvalue weighted by molar-refractivity contribution is -0.141. The van der Waals surface area contributed by atoms with Crippen LogP contribution in [0.3, 0.4) is 0 Å². The van der Waals surface area contributed by atoms with Gasteiger partial charge in [-0.25, -0.2) is 0 Å². The molecule has 72 valence electrons. The summed E-state index contributed by atoms with van der Waals surface area (Å²) in [6.07, 6.45) is -4.57. The Bertz CT molecular complexity index is 327. The van der Waals surface area contributed by atoms with Gasteiger partial charge in [-0.3, -0.25) is 4.68 Å². The number of aromatic nitrogens is 2. The molecule has 6 heteroatoms. The summed E-state index contributed by atoms with van der Waals surface area (Å²) in [5.74, 6) is 0.